The quantitative estimate of drug-likeness (QED) is 0.747. The summed E-state index contributed by atoms with van der Waals surface area (Å²) in [5.74, 6) is -1.28. The fourth-order valence-corrected chi connectivity index (χ4v) is 4.26. The predicted octanol–water partition coefficient (Wildman–Crippen LogP) is -0.218. The Balaban J connectivity index is 1.77. The molecule has 0 aromatic carbocycles. The zero-order chi connectivity index (χ0) is 14.8. The normalized spacial score (nSPS) is 30.0. The molecule has 2 fully saturated rings. The van der Waals surface area contributed by atoms with Crippen molar-refractivity contribution in [3.05, 3.63) is 0 Å². The van der Waals surface area contributed by atoms with Crippen molar-refractivity contribution in [3.8, 4) is 0 Å². The maximum Gasteiger partial charge on any atom is 0.306 e. The fourth-order valence-electron chi connectivity index (χ4n) is 2.79. The fraction of sp³-hybridized carbons (Fsp3) is 0.833. The first-order valence-corrected chi connectivity index (χ1v) is 8.49. The first-order chi connectivity index (χ1) is 9.38. The summed E-state index contributed by atoms with van der Waals surface area (Å²) in [6, 6.07) is -0.0385. The number of sulfonamides is 1. The van der Waals surface area contributed by atoms with Gasteiger partial charge in [0.2, 0.25) is 15.9 Å². The predicted molar refractivity (Wildman–Crippen MR) is 71.5 cm³/mol. The molecule has 2 rings (SSSR count). The summed E-state index contributed by atoms with van der Waals surface area (Å²) < 4.78 is 24.4. The van der Waals surface area contributed by atoms with Crippen molar-refractivity contribution in [1.29, 1.82) is 0 Å². The zero-order valence-corrected chi connectivity index (χ0v) is 12.1. The molecule has 114 valence electrons. The van der Waals surface area contributed by atoms with Crippen molar-refractivity contribution >= 4 is 21.9 Å². The highest BCUT2D eigenvalue weighted by Crippen LogP contribution is 2.24. The van der Waals surface area contributed by atoms with Crippen LogP contribution in [0.25, 0.3) is 0 Å². The molecule has 1 aliphatic heterocycles. The Hall–Kier alpha value is -1.15. The first kappa shape index (κ1) is 15.2. The Morgan fingerprint density at radius 2 is 1.85 bits per heavy atom. The number of hydrogen-bond acceptors (Lipinski definition) is 4. The number of amides is 1. The van der Waals surface area contributed by atoms with Crippen LogP contribution in [0.3, 0.4) is 0 Å². The zero-order valence-electron chi connectivity index (χ0n) is 11.2. The van der Waals surface area contributed by atoms with Gasteiger partial charge >= 0.3 is 5.97 Å². The third-order valence-corrected chi connectivity index (χ3v) is 5.87. The Morgan fingerprint density at radius 1 is 1.20 bits per heavy atom. The highest BCUT2D eigenvalue weighted by atomic mass is 32.2. The molecule has 1 heterocycles. The van der Waals surface area contributed by atoms with Gasteiger partial charge in [0, 0.05) is 12.6 Å². The van der Waals surface area contributed by atoms with Gasteiger partial charge in [-0.25, -0.2) is 8.42 Å². The van der Waals surface area contributed by atoms with Gasteiger partial charge in [-0.15, -0.1) is 0 Å². The van der Waals surface area contributed by atoms with Gasteiger partial charge < -0.3 is 10.4 Å². The minimum Gasteiger partial charge on any atom is -0.481 e. The largest absolute Gasteiger partial charge is 0.481 e. The molecule has 0 unspecified atom stereocenters. The van der Waals surface area contributed by atoms with E-state index < -0.39 is 16.0 Å². The van der Waals surface area contributed by atoms with Crippen molar-refractivity contribution < 1.29 is 23.1 Å². The number of aliphatic carboxylic acids is 1. The van der Waals surface area contributed by atoms with Crippen LogP contribution in [0.5, 0.6) is 0 Å². The Bertz CT molecular complexity index is 482. The second kappa shape index (κ2) is 6.09. The average molecular weight is 304 g/mol. The third-order valence-electron chi connectivity index (χ3n) is 3.96. The number of hydrogen-bond donors (Lipinski definition) is 2. The highest BCUT2D eigenvalue weighted by Gasteiger charge is 2.31. The van der Waals surface area contributed by atoms with Gasteiger partial charge in [-0.05, 0) is 32.1 Å². The minimum absolute atomic E-state index is 0.0385. The number of rotatable bonds is 4. The molecule has 1 saturated heterocycles. The van der Waals surface area contributed by atoms with Crippen LogP contribution >= 0.6 is 0 Å². The number of nitrogens with one attached hydrogen (secondary N) is 1. The van der Waals surface area contributed by atoms with Crippen LogP contribution in [0.15, 0.2) is 0 Å². The van der Waals surface area contributed by atoms with Gasteiger partial charge in [-0.3, -0.25) is 9.59 Å². The molecule has 0 aromatic heterocycles. The molecule has 2 aliphatic rings. The molecule has 1 aliphatic carbocycles. The second-order valence-corrected chi connectivity index (χ2v) is 7.55. The maximum absolute atomic E-state index is 11.8. The smallest absolute Gasteiger partial charge is 0.306 e. The van der Waals surface area contributed by atoms with Gasteiger partial charge in [-0.2, -0.15) is 4.31 Å². The van der Waals surface area contributed by atoms with E-state index in [2.05, 4.69) is 5.32 Å². The number of carboxylic acid groups (broad SMARTS) is 1. The van der Waals surface area contributed by atoms with Crippen molar-refractivity contribution in [2.45, 2.75) is 38.1 Å². The highest BCUT2D eigenvalue weighted by molar-refractivity contribution is 7.89. The maximum atomic E-state index is 11.8. The van der Waals surface area contributed by atoms with Crippen LogP contribution in [0.2, 0.25) is 0 Å². The molecule has 8 heteroatoms. The summed E-state index contributed by atoms with van der Waals surface area (Å²) in [5, 5.41) is 11.7. The van der Waals surface area contributed by atoms with Crippen LogP contribution in [0, 0.1) is 5.92 Å². The van der Waals surface area contributed by atoms with E-state index >= 15 is 0 Å². The first-order valence-electron chi connectivity index (χ1n) is 6.88. The summed E-state index contributed by atoms with van der Waals surface area (Å²) in [7, 11) is -3.25. The van der Waals surface area contributed by atoms with E-state index in [1.54, 1.807) is 0 Å². The molecular weight excluding hydrogens is 284 g/mol. The van der Waals surface area contributed by atoms with E-state index in [4.69, 9.17) is 5.11 Å². The van der Waals surface area contributed by atoms with Gasteiger partial charge in [0.05, 0.1) is 18.2 Å². The second-order valence-electron chi connectivity index (χ2n) is 5.46. The Labute approximate surface area is 118 Å². The molecule has 0 spiro atoms. The molecule has 20 heavy (non-hydrogen) atoms. The average Bonchev–Trinajstić information content (AvgIpc) is 2.69. The monoisotopic (exact) mass is 304 g/mol. The number of nitrogens with zero attached hydrogens (tertiary/aromatic N) is 1. The number of carbonyl (C=O) groups excluding carboxylic acids is 1. The lowest BCUT2D eigenvalue weighted by Gasteiger charge is -2.27. The van der Waals surface area contributed by atoms with E-state index in [1.807, 2.05) is 0 Å². The van der Waals surface area contributed by atoms with E-state index in [1.165, 1.54) is 4.31 Å². The summed E-state index contributed by atoms with van der Waals surface area (Å²) in [4.78, 5) is 22.7. The van der Waals surface area contributed by atoms with Gasteiger partial charge in [-0.1, -0.05) is 0 Å². The van der Waals surface area contributed by atoms with Crippen LogP contribution in [-0.2, 0) is 19.6 Å². The van der Waals surface area contributed by atoms with E-state index in [0.717, 1.165) is 0 Å². The van der Waals surface area contributed by atoms with Crippen LogP contribution < -0.4 is 5.32 Å². The van der Waals surface area contributed by atoms with E-state index in [9.17, 15) is 18.0 Å². The van der Waals surface area contributed by atoms with Crippen molar-refractivity contribution in [2.75, 3.05) is 18.8 Å². The molecule has 7 nitrogen and oxygen atoms in total. The van der Waals surface area contributed by atoms with Crippen LogP contribution in [-0.4, -0.2) is 54.6 Å². The Morgan fingerprint density at radius 3 is 2.35 bits per heavy atom. The van der Waals surface area contributed by atoms with Gasteiger partial charge in [0.15, 0.2) is 0 Å². The van der Waals surface area contributed by atoms with Crippen molar-refractivity contribution in [3.63, 3.8) is 0 Å². The lowest BCUT2D eigenvalue weighted by Crippen LogP contribution is -2.44. The molecule has 2 N–H and O–H groups in total. The topological polar surface area (TPSA) is 104 Å². The number of carboxylic acids is 1. The molecule has 0 bridgehead atoms. The lowest BCUT2D eigenvalue weighted by molar-refractivity contribution is -0.142. The molecule has 0 aromatic rings. The van der Waals surface area contributed by atoms with Gasteiger partial charge in [0.25, 0.3) is 0 Å². The summed E-state index contributed by atoms with van der Waals surface area (Å²) in [5.41, 5.74) is 0. The molecule has 0 atom stereocenters. The van der Waals surface area contributed by atoms with Crippen molar-refractivity contribution in [2.24, 2.45) is 5.92 Å². The molecular formula is C12H20N2O5S. The standard InChI is InChI=1S/C12H20N2O5S/c15-11(8-14-6-1-7-20(14,18)19)13-10-4-2-9(3-5-10)12(16)17/h9-10H,1-8H2,(H,13,15)(H,16,17). The Kier molecular flexibility index (Phi) is 4.64. The lowest BCUT2D eigenvalue weighted by atomic mass is 9.86. The van der Waals surface area contributed by atoms with Gasteiger partial charge in [0.1, 0.15) is 0 Å². The van der Waals surface area contributed by atoms with Crippen LogP contribution in [0.4, 0.5) is 0 Å². The van der Waals surface area contributed by atoms with E-state index in [-0.39, 0.29) is 30.2 Å². The summed E-state index contributed by atoms with van der Waals surface area (Å²) >= 11 is 0. The molecule has 1 amide bonds. The van der Waals surface area contributed by atoms with Crippen LogP contribution in [0.1, 0.15) is 32.1 Å². The minimum atomic E-state index is -3.25. The molecule has 0 radical (unpaired) electrons. The molecule has 1 saturated carbocycles. The van der Waals surface area contributed by atoms with Crippen molar-refractivity contribution in [1.82, 2.24) is 9.62 Å². The SMILES string of the molecule is O=C(CN1CCCS1(=O)=O)NC1CCC(C(=O)O)CC1. The summed E-state index contributed by atoms with van der Waals surface area (Å²) in [6.45, 7) is 0.280. The van der Waals surface area contributed by atoms with E-state index in [0.29, 0.717) is 38.6 Å². The number of carbonyl (C=O) groups is 2. The summed E-state index contributed by atoms with van der Waals surface area (Å²) in [6.07, 6.45) is 2.95. The third kappa shape index (κ3) is 3.69.